The monoisotopic (exact) mass is 287 g/mol. The standard InChI is InChI=1S/C14H17N5O2/c1-9(10-5-2-3-7-15-10)17-13(20)12-18-14(21-19-12)11-6-4-8-16-11/h2-3,5,7,9,11,16H,4,6,8H2,1H3,(H,17,20)/t9-,11?/m0/s1. The Hall–Kier alpha value is -2.28. The van der Waals surface area contributed by atoms with Gasteiger partial charge in [-0.15, -0.1) is 0 Å². The van der Waals surface area contributed by atoms with Crippen molar-refractivity contribution in [3.63, 3.8) is 0 Å². The molecule has 1 fully saturated rings. The van der Waals surface area contributed by atoms with Gasteiger partial charge in [0.2, 0.25) is 5.89 Å². The molecule has 0 saturated carbocycles. The van der Waals surface area contributed by atoms with Crippen molar-refractivity contribution in [3.8, 4) is 0 Å². The molecular weight excluding hydrogens is 270 g/mol. The highest BCUT2D eigenvalue weighted by atomic mass is 16.5. The molecular formula is C14H17N5O2. The van der Waals surface area contributed by atoms with E-state index in [1.807, 2.05) is 25.1 Å². The number of nitrogens with one attached hydrogen (secondary N) is 2. The van der Waals surface area contributed by atoms with E-state index < -0.39 is 0 Å². The van der Waals surface area contributed by atoms with E-state index in [1.54, 1.807) is 6.20 Å². The summed E-state index contributed by atoms with van der Waals surface area (Å²) in [7, 11) is 0. The van der Waals surface area contributed by atoms with Crippen LogP contribution in [-0.4, -0.2) is 27.6 Å². The van der Waals surface area contributed by atoms with E-state index in [0.717, 1.165) is 25.1 Å². The molecule has 1 amide bonds. The van der Waals surface area contributed by atoms with Crippen LogP contribution in [0.3, 0.4) is 0 Å². The lowest BCUT2D eigenvalue weighted by molar-refractivity contribution is 0.0925. The third kappa shape index (κ3) is 3.08. The number of pyridine rings is 1. The summed E-state index contributed by atoms with van der Waals surface area (Å²) in [5.74, 6) is 0.172. The van der Waals surface area contributed by atoms with Crippen LogP contribution in [0.2, 0.25) is 0 Å². The summed E-state index contributed by atoms with van der Waals surface area (Å²) in [6, 6.07) is 5.41. The molecule has 1 unspecified atom stereocenters. The maximum atomic E-state index is 12.1. The Morgan fingerprint density at radius 3 is 3.14 bits per heavy atom. The van der Waals surface area contributed by atoms with Gasteiger partial charge in [-0.05, 0) is 38.4 Å². The Morgan fingerprint density at radius 1 is 1.52 bits per heavy atom. The molecule has 7 nitrogen and oxygen atoms in total. The van der Waals surface area contributed by atoms with Crippen LogP contribution in [0.1, 0.15) is 54.1 Å². The van der Waals surface area contributed by atoms with Crippen molar-refractivity contribution >= 4 is 5.91 Å². The number of nitrogens with zero attached hydrogens (tertiary/aromatic N) is 3. The first kappa shape index (κ1) is 13.7. The fourth-order valence-corrected chi connectivity index (χ4v) is 2.33. The van der Waals surface area contributed by atoms with Crippen molar-refractivity contribution < 1.29 is 9.32 Å². The van der Waals surface area contributed by atoms with Crippen LogP contribution >= 0.6 is 0 Å². The van der Waals surface area contributed by atoms with Crippen LogP contribution in [0.4, 0.5) is 0 Å². The molecule has 110 valence electrons. The van der Waals surface area contributed by atoms with Crippen LogP contribution in [0, 0.1) is 0 Å². The molecule has 7 heteroatoms. The summed E-state index contributed by atoms with van der Waals surface area (Å²) >= 11 is 0. The van der Waals surface area contributed by atoms with Gasteiger partial charge in [0, 0.05) is 6.20 Å². The number of rotatable bonds is 4. The number of aromatic nitrogens is 3. The van der Waals surface area contributed by atoms with Gasteiger partial charge in [0.05, 0.1) is 17.8 Å². The van der Waals surface area contributed by atoms with Gasteiger partial charge < -0.3 is 15.2 Å². The highest BCUT2D eigenvalue weighted by Crippen LogP contribution is 2.21. The average Bonchev–Trinajstić information content (AvgIpc) is 3.19. The van der Waals surface area contributed by atoms with Crippen molar-refractivity contribution in [1.82, 2.24) is 25.8 Å². The van der Waals surface area contributed by atoms with Crippen LogP contribution in [0.25, 0.3) is 0 Å². The van der Waals surface area contributed by atoms with E-state index in [0.29, 0.717) is 5.89 Å². The van der Waals surface area contributed by atoms with Crippen LogP contribution in [-0.2, 0) is 0 Å². The van der Waals surface area contributed by atoms with Crippen LogP contribution in [0.15, 0.2) is 28.9 Å². The molecule has 2 N–H and O–H groups in total. The summed E-state index contributed by atoms with van der Waals surface area (Å²) < 4.78 is 5.16. The predicted molar refractivity (Wildman–Crippen MR) is 74.4 cm³/mol. The summed E-state index contributed by atoms with van der Waals surface area (Å²) in [6.45, 7) is 2.80. The fourth-order valence-electron chi connectivity index (χ4n) is 2.33. The maximum absolute atomic E-state index is 12.1. The normalized spacial score (nSPS) is 19.4. The highest BCUT2D eigenvalue weighted by molar-refractivity contribution is 5.90. The fraction of sp³-hybridized carbons (Fsp3) is 0.429. The molecule has 2 aromatic heterocycles. The molecule has 0 aliphatic carbocycles. The minimum Gasteiger partial charge on any atom is -0.341 e. The quantitative estimate of drug-likeness (QED) is 0.882. The largest absolute Gasteiger partial charge is 0.341 e. The van der Waals surface area contributed by atoms with Crippen molar-refractivity contribution in [2.45, 2.75) is 31.8 Å². The highest BCUT2D eigenvalue weighted by Gasteiger charge is 2.24. The predicted octanol–water partition coefficient (Wildman–Crippen LogP) is 1.38. The number of hydrogen-bond donors (Lipinski definition) is 2. The van der Waals surface area contributed by atoms with Crippen molar-refractivity contribution in [2.75, 3.05) is 6.54 Å². The van der Waals surface area contributed by atoms with Crippen molar-refractivity contribution in [2.24, 2.45) is 0 Å². The van der Waals surface area contributed by atoms with E-state index in [9.17, 15) is 4.79 Å². The molecule has 0 bridgehead atoms. The first-order chi connectivity index (χ1) is 10.2. The van der Waals surface area contributed by atoms with Gasteiger partial charge in [0.25, 0.3) is 11.7 Å². The lowest BCUT2D eigenvalue weighted by atomic mass is 10.2. The Labute approximate surface area is 122 Å². The zero-order chi connectivity index (χ0) is 14.7. The van der Waals surface area contributed by atoms with Crippen molar-refractivity contribution in [1.29, 1.82) is 0 Å². The lowest BCUT2D eigenvalue weighted by Crippen LogP contribution is -2.28. The molecule has 21 heavy (non-hydrogen) atoms. The molecule has 0 radical (unpaired) electrons. The SMILES string of the molecule is C[C@H](NC(=O)c1noc(C2CCCN2)n1)c1ccccn1. The van der Waals surface area contributed by atoms with Gasteiger partial charge in [-0.3, -0.25) is 9.78 Å². The Bertz CT molecular complexity index is 607. The number of amides is 1. The van der Waals surface area contributed by atoms with Gasteiger partial charge in [0.15, 0.2) is 0 Å². The van der Waals surface area contributed by atoms with Gasteiger partial charge in [-0.25, -0.2) is 0 Å². The molecule has 2 aromatic rings. The second-order valence-electron chi connectivity index (χ2n) is 5.05. The minimum atomic E-state index is -0.360. The van der Waals surface area contributed by atoms with Crippen molar-refractivity contribution in [3.05, 3.63) is 41.8 Å². The first-order valence-electron chi connectivity index (χ1n) is 7.03. The minimum absolute atomic E-state index is 0.0569. The van der Waals surface area contributed by atoms with Crippen LogP contribution in [0.5, 0.6) is 0 Å². The zero-order valence-electron chi connectivity index (χ0n) is 11.7. The maximum Gasteiger partial charge on any atom is 0.293 e. The van der Waals surface area contributed by atoms with Gasteiger partial charge in [-0.2, -0.15) is 4.98 Å². The lowest BCUT2D eigenvalue weighted by Gasteiger charge is -2.11. The molecule has 1 aliphatic heterocycles. The van der Waals surface area contributed by atoms with E-state index in [1.165, 1.54) is 0 Å². The Balaban J connectivity index is 1.65. The Kier molecular flexibility index (Phi) is 3.92. The molecule has 3 heterocycles. The van der Waals surface area contributed by atoms with Crippen LogP contribution < -0.4 is 10.6 Å². The molecule has 1 saturated heterocycles. The van der Waals surface area contributed by atoms with Gasteiger partial charge >= 0.3 is 0 Å². The summed E-state index contributed by atoms with van der Waals surface area (Å²) in [5, 5.41) is 9.81. The van der Waals surface area contributed by atoms with E-state index >= 15 is 0 Å². The van der Waals surface area contributed by atoms with E-state index in [-0.39, 0.29) is 23.8 Å². The number of carbonyl (C=O) groups is 1. The molecule has 3 rings (SSSR count). The first-order valence-corrected chi connectivity index (χ1v) is 7.03. The Morgan fingerprint density at radius 2 is 2.43 bits per heavy atom. The summed E-state index contributed by atoms with van der Waals surface area (Å²) in [4.78, 5) is 20.5. The third-order valence-electron chi connectivity index (χ3n) is 3.48. The van der Waals surface area contributed by atoms with Gasteiger partial charge in [-0.1, -0.05) is 11.2 Å². The smallest absolute Gasteiger partial charge is 0.293 e. The second-order valence-corrected chi connectivity index (χ2v) is 5.05. The molecule has 2 atom stereocenters. The molecule has 0 aromatic carbocycles. The van der Waals surface area contributed by atoms with Gasteiger partial charge in [0.1, 0.15) is 0 Å². The van der Waals surface area contributed by atoms with E-state index in [2.05, 4.69) is 25.8 Å². The molecule has 0 spiro atoms. The summed E-state index contributed by atoms with van der Waals surface area (Å²) in [6.07, 6.45) is 3.72. The summed E-state index contributed by atoms with van der Waals surface area (Å²) in [5.41, 5.74) is 0.784. The average molecular weight is 287 g/mol. The second kappa shape index (κ2) is 6.01. The topological polar surface area (TPSA) is 92.9 Å². The van der Waals surface area contributed by atoms with E-state index in [4.69, 9.17) is 4.52 Å². The third-order valence-corrected chi connectivity index (χ3v) is 3.48. The number of hydrogen-bond acceptors (Lipinski definition) is 6. The zero-order valence-corrected chi connectivity index (χ0v) is 11.7. The molecule has 1 aliphatic rings. The number of carbonyl (C=O) groups excluding carboxylic acids is 1.